The molecule has 3 aromatic rings. The number of thioether (sulfide) groups is 1. The Morgan fingerprint density at radius 1 is 1.32 bits per heavy atom. The maximum Gasteiger partial charge on any atom is 0.250 e. The van der Waals surface area contributed by atoms with Crippen LogP contribution in [-0.4, -0.2) is 56.6 Å². The highest BCUT2D eigenvalue weighted by Crippen LogP contribution is 2.29. The molecule has 11 heteroatoms. The molecular weight excluding hydrogens is 400 g/mol. The van der Waals surface area contributed by atoms with Crippen molar-refractivity contribution in [1.82, 2.24) is 25.3 Å². The number of carbonyl (C=O) groups is 1. The number of nitrogens with one attached hydrogen (secondary N) is 1. The van der Waals surface area contributed by atoms with Crippen LogP contribution in [0.5, 0.6) is 0 Å². The van der Waals surface area contributed by atoms with E-state index in [9.17, 15) is 4.79 Å². The Morgan fingerprint density at radius 3 is 2.93 bits per heavy atom. The Kier molecular flexibility index (Phi) is 6.03. The zero-order chi connectivity index (χ0) is 19.3. The lowest BCUT2D eigenvalue weighted by atomic mass is 9.97. The number of piperidine rings is 1. The minimum atomic E-state index is -0.0670. The van der Waals surface area contributed by atoms with Crippen molar-refractivity contribution in [3.63, 3.8) is 0 Å². The number of amides is 1. The van der Waals surface area contributed by atoms with Gasteiger partial charge in [0.2, 0.25) is 16.9 Å². The lowest BCUT2D eigenvalue weighted by Gasteiger charge is -2.29. The van der Waals surface area contributed by atoms with E-state index in [2.05, 4.69) is 37.5 Å². The second-order valence-electron chi connectivity index (χ2n) is 6.36. The number of anilines is 1. The first-order valence-corrected chi connectivity index (χ1v) is 10.9. The van der Waals surface area contributed by atoms with Crippen LogP contribution in [0.2, 0.25) is 0 Å². The summed E-state index contributed by atoms with van der Waals surface area (Å²) in [5.41, 5.74) is 0.782. The first-order valence-electron chi connectivity index (χ1n) is 9.05. The molecule has 1 aliphatic heterocycles. The van der Waals surface area contributed by atoms with E-state index in [4.69, 9.17) is 8.83 Å². The van der Waals surface area contributed by atoms with Gasteiger partial charge >= 0.3 is 0 Å². The van der Waals surface area contributed by atoms with E-state index in [1.807, 2.05) is 0 Å². The Hall–Kier alpha value is -2.24. The van der Waals surface area contributed by atoms with E-state index >= 15 is 0 Å². The quantitative estimate of drug-likeness (QED) is 0.455. The minimum absolute atomic E-state index is 0.0670. The molecule has 0 unspecified atom stereocenters. The third-order valence-corrected chi connectivity index (χ3v) is 6.29. The van der Waals surface area contributed by atoms with Crippen molar-refractivity contribution in [2.24, 2.45) is 0 Å². The SMILES string of the molecule is CCSc1nnc(NC(=O)CN2CCC(c3nnc(-c4ccoc4)o3)CC2)s1. The molecular formula is C17H20N6O3S2. The summed E-state index contributed by atoms with van der Waals surface area (Å²) in [5, 5.41) is 19.7. The van der Waals surface area contributed by atoms with E-state index in [0.717, 1.165) is 41.6 Å². The van der Waals surface area contributed by atoms with Gasteiger partial charge in [-0.15, -0.1) is 20.4 Å². The van der Waals surface area contributed by atoms with Crippen molar-refractivity contribution >= 4 is 34.1 Å². The molecule has 0 aromatic carbocycles. The molecule has 4 heterocycles. The highest BCUT2D eigenvalue weighted by Gasteiger charge is 2.26. The molecule has 1 aliphatic rings. The van der Waals surface area contributed by atoms with Gasteiger partial charge in [-0.3, -0.25) is 15.0 Å². The summed E-state index contributed by atoms with van der Waals surface area (Å²) >= 11 is 3.02. The number of hydrogen-bond donors (Lipinski definition) is 1. The molecule has 3 aromatic heterocycles. The fourth-order valence-corrected chi connectivity index (χ4v) is 4.71. The zero-order valence-corrected chi connectivity index (χ0v) is 17.0. The van der Waals surface area contributed by atoms with Gasteiger partial charge in [-0.1, -0.05) is 30.0 Å². The average molecular weight is 421 g/mol. The average Bonchev–Trinajstić information content (AvgIpc) is 3.44. The van der Waals surface area contributed by atoms with E-state index in [1.165, 1.54) is 11.3 Å². The standard InChI is InChI=1S/C17H20N6O3S2/c1-2-27-17-22-21-16(28-17)18-13(24)9-23-6-3-11(4-7-23)14-19-20-15(26-14)12-5-8-25-10-12/h5,8,10-11H,2-4,6-7,9H2,1H3,(H,18,21,24). The largest absolute Gasteiger partial charge is 0.472 e. The van der Waals surface area contributed by atoms with Crippen LogP contribution in [0.1, 0.15) is 31.6 Å². The molecule has 0 saturated carbocycles. The topological polar surface area (TPSA) is 110 Å². The molecule has 28 heavy (non-hydrogen) atoms. The van der Waals surface area contributed by atoms with E-state index < -0.39 is 0 Å². The Morgan fingerprint density at radius 2 is 2.18 bits per heavy atom. The molecule has 9 nitrogen and oxygen atoms in total. The Labute approximate surface area is 169 Å². The Balaban J connectivity index is 1.25. The van der Waals surface area contributed by atoms with E-state index in [0.29, 0.717) is 23.5 Å². The van der Waals surface area contributed by atoms with Gasteiger partial charge in [-0.25, -0.2) is 0 Å². The molecule has 1 amide bonds. The number of aromatic nitrogens is 4. The summed E-state index contributed by atoms with van der Waals surface area (Å²) in [6, 6.07) is 1.79. The molecule has 1 N–H and O–H groups in total. The van der Waals surface area contributed by atoms with Gasteiger partial charge in [-0.05, 0) is 37.8 Å². The molecule has 0 bridgehead atoms. The molecule has 4 rings (SSSR count). The normalized spacial score (nSPS) is 15.8. The van der Waals surface area contributed by atoms with Crippen LogP contribution in [0.25, 0.3) is 11.5 Å². The summed E-state index contributed by atoms with van der Waals surface area (Å²) in [6.07, 6.45) is 4.90. The lowest BCUT2D eigenvalue weighted by Crippen LogP contribution is -2.38. The summed E-state index contributed by atoms with van der Waals surface area (Å²) < 4.78 is 11.7. The number of furan rings is 1. The maximum absolute atomic E-state index is 12.3. The second kappa shape index (κ2) is 8.84. The van der Waals surface area contributed by atoms with Gasteiger partial charge in [-0.2, -0.15) is 0 Å². The monoisotopic (exact) mass is 420 g/mol. The third kappa shape index (κ3) is 4.59. The van der Waals surface area contributed by atoms with Crippen LogP contribution in [0.15, 0.2) is 31.8 Å². The first kappa shape index (κ1) is 19.1. The van der Waals surface area contributed by atoms with Crippen LogP contribution < -0.4 is 5.32 Å². The molecule has 0 aliphatic carbocycles. The predicted octanol–water partition coefficient (Wildman–Crippen LogP) is 3.11. The van der Waals surface area contributed by atoms with Crippen LogP contribution >= 0.6 is 23.1 Å². The third-order valence-electron chi connectivity index (χ3n) is 4.43. The van der Waals surface area contributed by atoms with Gasteiger partial charge in [0, 0.05) is 5.92 Å². The molecule has 0 spiro atoms. The number of carbonyl (C=O) groups excluding carboxylic acids is 1. The van der Waals surface area contributed by atoms with Gasteiger partial charge < -0.3 is 8.83 Å². The summed E-state index contributed by atoms with van der Waals surface area (Å²) in [5.74, 6) is 2.20. The molecule has 0 atom stereocenters. The number of nitrogens with zero attached hydrogens (tertiary/aromatic N) is 5. The van der Waals surface area contributed by atoms with Crippen LogP contribution in [0.3, 0.4) is 0 Å². The van der Waals surface area contributed by atoms with Crippen LogP contribution in [0.4, 0.5) is 5.13 Å². The van der Waals surface area contributed by atoms with Crippen molar-refractivity contribution in [1.29, 1.82) is 0 Å². The van der Waals surface area contributed by atoms with E-state index in [1.54, 1.807) is 30.4 Å². The number of hydrogen-bond acceptors (Lipinski definition) is 10. The van der Waals surface area contributed by atoms with Gasteiger partial charge in [0.25, 0.3) is 5.89 Å². The van der Waals surface area contributed by atoms with Gasteiger partial charge in [0.05, 0.1) is 18.4 Å². The second-order valence-corrected chi connectivity index (χ2v) is 8.85. The highest BCUT2D eigenvalue weighted by molar-refractivity contribution is 8.01. The van der Waals surface area contributed by atoms with Crippen molar-refractivity contribution in [3.05, 3.63) is 24.5 Å². The smallest absolute Gasteiger partial charge is 0.250 e. The minimum Gasteiger partial charge on any atom is -0.472 e. The predicted molar refractivity (Wildman–Crippen MR) is 105 cm³/mol. The fraction of sp³-hybridized carbons (Fsp3) is 0.471. The number of likely N-dealkylation sites (tertiary alicyclic amines) is 1. The molecule has 148 valence electrons. The maximum atomic E-state index is 12.3. The highest BCUT2D eigenvalue weighted by atomic mass is 32.2. The number of rotatable bonds is 7. The first-order chi connectivity index (χ1) is 13.7. The van der Waals surface area contributed by atoms with Crippen molar-refractivity contribution in [3.8, 4) is 11.5 Å². The van der Waals surface area contributed by atoms with Crippen molar-refractivity contribution < 1.29 is 13.6 Å². The van der Waals surface area contributed by atoms with Crippen LogP contribution in [-0.2, 0) is 4.79 Å². The van der Waals surface area contributed by atoms with Crippen molar-refractivity contribution in [2.75, 3.05) is 30.7 Å². The van der Waals surface area contributed by atoms with Crippen LogP contribution in [0, 0.1) is 0 Å². The van der Waals surface area contributed by atoms with Gasteiger partial charge in [0.15, 0.2) is 4.34 Å². The summed E-state index contributed by atoms with van der Waals surface area (Å²) in [4.78, 5) is 14.4. The van der Waals surface area contributed by atoms with Crippen molar-refractivity contribution in [2.45, 2.75) is 30.0 Å². The Bertz CT molecular complexity index is 902. The zero-order valence-electron chi connectivity index (χ0n) is 15.3. The molecule has 1 fully saturated rings. The van der Waals surface area contributed by atoms with Gasteiger partial charge in [0.1, 0.15) is 6.26 Å². The fourth-order valence-electron chi connectivity index (χ4n) is 3.04. The summed E-state index contributed by atoms with van der Waals surface area (Å²) in [6.45, 7) is 4.00. The molecule has 0 radical (unpaired) electrons. The summed E-state index contributed by atoms with van der Waals surface area (Å²) in [7, 11) is 0. The molecule has 1 saturated heterocycles. The van der Waals surface area contributed by atoms with E-state index in [-0.39, 0.29) is 11.8 Å². The lowest BCUT2D eigenvalue weighted by molar-refractivity contribution is -0.117.